The molecular weight excluding hydrogens is 300 g/mol. The molecule has 0 saturated carbocycles. The molecule has 0 saturated heterocycles. The van der Waals surface area contributed by atoms with Crippen LogP contribution in [0.15, 0.2) is 48.7 Å². The first-order valence-corrected chi connectivity index (χ1v) is 7.12. The van der Waals surface area contributed by atoms with Gasteiger partial charge in [-0.25, -0.2) is 4.98 Å². The third kappa shape index (κ3) is 2.78. The van der Waals surface area contributed by atoms with Gasteiger partial charge in [0.15, 0.2) is 11.5 Å². The predicted molar refractivity (Wildman–Crippen MR) is 87.6 cm³/mol. The Morgan fingerprint density at radius 2 is 1.59 bits per heavy atom. The molecule has 0 bridgehead atoms. The Morgan fingerprint density at radius 1 is 0.909 bits per heavy atom. The number of hydrogen-bond acceptors (Lipinski definition) is 3. The van der Waals surface area contributed by atoms with Gasteiger partial charge in [-0.05, 0) is 35.9 Å². The minimum Gasteiger partial charge on any atom is -0.493 e. The summed E-state index contributed by atoms with van der Waals surface area (Å²) in [7, 11) is 3.23. The largest absolute Gasteiger partial charge is 0.493 e. The topological polar surface area (TPSA) is 47.1 Å². The van der Waals surface area contributed by atoms with Crippen LogP contribution in [0.1, 0.15) is 0 Å². The normalized spacial score (nSPS) is 10.5. The molecule has 0 aliphatic carbocycles. The molecule has 0 fully saturated rings. The van der Waals surface area contributed by atoms with Gasteiger partial charge in [-0.1, -0.05) is 23.7 Å². The van der Waals surface area contributed by atoms with E-state index >= 15 is 0 Å². The maximum atomic E-state index is 5.91. The van der Waals surface area contributed by atoms with E-state index in [0.29, 0.717) is 16.5 Å². The molecule has 0 atom stereocenters. The zero-order valence-corrected chi connectivity index (χ0v) is 13.0. The molecule has 0 unspecified atom stereocenters. The van der Waals surface area contributed by atoms with Crippen LogP contribution in [0.2, 0.25) is 5.02 Å². The van der Waals surface area contributed by atoms with E-state index in [1.807, 2.05) is 42.5 Å². The van der Waals surface area contributed by atoms with Gasteiger partial charge in [-0.2, -0.15) is 0 Å². The lowest BCUT2D eigenvalue weighted by Gasteiger charge is -2.08. The Bertz CT molecular complexity index is 782. The van der Waals surface area contributed by atoms with E-state index in [1.54, 1.807) is 20.4 Å². The van der Waals surface area contributed by atoms with Gasteiger partial charge in [0, 0.05) is 10.6 Å². The summed E-state index contributed by atoms with van der Waals surface area (Å²) >= 11 is 5.91. The van der Waals surface area contributed by atoms with Gasteiger partial charge in [0.05, 0.1) is 26.1 Å². The maximum absolute atomic E-state index is 5.91. The van der Waals surface area contributed by atoms with Gasteiger partial charge < -0.3 is 14.5 Å². The van der Waals surface area contributed by atoms with Crippen LogP contribution >= 0.6 is 11.6 Å². The van der Waals surface area contributed by atoms with Crippen molar-refractivity contribution in [1.29, 1.82) is 0 Å². The molecule has 0 spiro atoms. The predicted octanol–water partition coefficient (Wildman–Crippen LogP) is 4.41. The van der Waals surface area contributed by atoms with Crippen molar-refractivity contribution in [3.05, 3.63) is 53.7 Å². The smallest absolute Gasteiger partial charge is 0.161 e. The van der Waals surface area contributed by atoms with Crippen LogP contribution in [0.4, 0.5) is 0 Å². The van der Waals surface area contributed by atoms with Crippen LogP contribution < -0.4 is 9.47 Å². The summed E-state index contributed by atoms with van der Waals surface area (Å²) in [5.41, 5.74) is 2.89. The van der Waals surface area contributed by atoms with E-state index < -0.39 is 0 Å². The number of nitrogens with one attached hydrogen (secondary N) is 1. The molecule has 3 aromatic rings. The minimum absolute atomic E-state index is 0.671. The Balaban J connectivity index is 1.95. The first-order valence-electron chi connectivity index (χ1n) is 6.74. The fourth-order valence-electron chi connectivity index (χ4n) is 2.23. The summed E-state index contributed by atoms with van der Waals surface area (Å²) in [5.74, 6) is 2.13. The van der Waals surface area contributed by atoms with Gasteiger partial charge in [0.1, 0.15) is 5.82 Å². The van der Waals surface area contributed by atoms with Gasteiger partial charge in [-0.15, -0.1) is 0 Å². The number of H-pyrrole nitrogens is 1. The van der Waals surface area contributed by atoms with Crippen molar-refractivity contribution in [3.8, 4) is 34.1 Å². The van der Waals surface area contributed by atoms with Crippen molar-refractivity contribution < 1.29 is 9.47 Å². The number of methoxy groups -OCH3 is 2. The highest BCUT2D eigenvalue weighted by molar-refractivity contribution is 6.30. The monoisotopic (exact) mass is 314 g/mol. The summed E-state index contributed by atoms with van der Waals surface area (Å²) < 4.78 is 10.6. The Kier molecular flexibility index (Phi) is 4.02. The molecule has 2 aromatic carbocycles. The highest BCUT2D eigenvalue weighted by atomic mass is 35.5. The summed E-state index contributed by atoms with van der Waals surface area (Å²) in [6, 6.07) is 13.3. The van der Waals surface area contributed by atoms with Crippen molar-refractivity contribution in [3.63, 3.8) is 0 Å². The zero-order valence-electron chi connectivity index (χ0n) is 12.3. The van der Waals surface area contributed by atoms with Gasteiger partial charge in [-0.3, -0.25) is 0 Å². The summed E-state index contributed by atoms with van der Waals surface area (Å²) in [6.45, 7) is 0. The summed E-state index contributed by atoms with van der Waals surface area (Å²) in [4.78, 5) is 7.73. The molecule has 0 aliphatic heterocycles. The number of aromatic amines is 1. The Morgan fingerprint density at radius 3 is 2.27 bits per heavy atom. The number of nitrogens with zero attached hydrogens (tertiary/aromatic N) is 1. The lowest BCUT2D eigenvalue weighted by atomic mass is 10.1. The molecule has 5 heteroatoms. The van der Waals surface area contributed by atoms with Crippen molar-refractivity contribution in [1.82, 2.24) is 9.97 Å². The first-order chi connectivity index (χ1) is 10.7. The zero-order chi connectivity index (χ0) is 15.5. The quantitative estimate of drug-likeness (QED) is 0.775. The lowest BCUT2D eigenvalue weighted by molar-refractivity contribution is 0.355. The molecular formula is C17H15ClN2O2. The second-order valence-electron chi connectivity index (χ2n) is 4.72. The Hall–Kier alpha value is -2.46. The van der Waals surface area contributed by atoms with Crippen molar-refractivity contribution >= 4 is 11.6 Å². The number of hydrogen-bond donors (Lipinski definition) is 1. The molecule has 22 heavy (non-hydrogen) atoms. The van der Waals surface area contributed by atoms with Crippen molar-refractivity contribution in [2.45, 2.75) is 0 Å². The molecule has 1 aromatic heterocycles. The van der Waals surface area contributed by atoms with Crippen LogP contribution in [0.3, 0.4) is 0 Å². The molecule has 0 aliphatic rings. The lowest BCUT2D eigenvalue weighted by Crippen LogP contribution is -1.91. The van der Waals surface area contributed by atoms with Crippen LogP contribution in [-0.2, 0) is 0 Å². The number of rotatable bonds is 4. The average Bonchev–Trinajstić information content (AvgIpc) is 3.05. The molecule has 0 radical (unpaired) electrons. The first kappa shape index (κ1) is 14.5. The van der Waals surface area contributed by atoms with Crippen LogP contribution in [-0.4, -0.2) is 24.2 Å². The fraction of sp³-hybridized carbons (Fsp3) is 0.118. The maximum Gasteiger partial charge on any atom is 0.161 e. The fourth-order valence-corrected chi connectivity index (χ4v) is 2.35. The van der Waals surface area contributed by atoms with E-state index in [4.69, 9.17) is 21.1 Å². The van der Waals surface area contributed by atoms with E-state index in [-0.39, 0.29) is 0 Å². The molecule has 0 amide bonds. The molecule has 112 valence electrons. The van der Waals surface area contributed by atoms with Crippen LogP contribution in [0.25, 0.3) is 22.6 Å². The van der Waals surface area contributed by atoms with E-state index in [1.165, 1.54) is 0 Å². The van der Waals surface area contributed by atoms with Crippen LogP contribution in [0, 0.1) is 0 Å². The number of benzene rings is 2. The highest BCUT2D eigenvalue weighted by Crippen LogP contribution is 2.32. The molecule has 4 nitrogen and oxygen atoms in total. The van der Waals surface area contributed by atoms with Crippen LogP contribution in [0.5, 0.6) is 11.5 Å². The van der Waals surface area contributed by atoms with Crippen molar-refractivity contribution in [2.24, 2.45) is 0 Å². The third-order valence-corrected chi connectivity index (χ3v) is 3.64. The highest BCUT2D eigenvalue weighted by Gasteiger charge is 2.09. The SMILES string of the molecule is COc1ccc(-c2ncc(-c3ccc(Cl)cc3)[nH]2)cc1OC. The third-order valence-electron chi connectivity index (χ3n) is 3.39. The Labute approximate surface area is 133 Å². The van der Waals surface area contributed by atoms with Gasteiger partial charge in [0.2, 0.25) is 0 Å². The number of imidazole rings is 1. The molecule has 3 rings (SSSR count). The summed E-state index contributed by atoms with van der Waals surface area (Å²) in [6.07, 6.45) is 1.80. The second kappa shape index (κ2) is 6.12. The van der Waals surface area contributed by atoms with Gasteiger partial charge >= 0.3 is 0 Å². The number of aromatic nitrogens is 2. The molecule has 1 N–H and O–H groups in total. The summed E-state index contributed by atoms with van der Waals surface area (Å²) in [5, 5.41) is 0.711. The standard InChI is InChI=1S/C17H15ClN2O2/c1-21-15-8-5-12(9-16(15)22-2)17-19-10-14(20-17)11-3-6-13(18)7-4-11/h3-10H,1-2H3,(H,19,20). The minimum atomic E-state index is 0.671. The van der Waals surface area contributed by atoms with E-state index in [0.717, 1.165) is 22.6 Å². The average molecular weight is 315 g/mol. The molecule has 1 heterocycles. The van der Waals surface area contributed by atoms with E-state index in [9.17, 15) is 0 Å². The van der Waals surface area contributed by atoms with Gasteiger partial charge in [0.25, 0.3) is 0 Å². The van der Waals surface area contributed by atoms with E-state index in [2.05, 4.69) is 9.97 Å². The van der Waals surface area contributed by atoms with Crippen molar-refractivity contribution in [2.75, 3.05) is 14.2 Å². The second-order valence-corrected chi connectivity index (χ2v) is 5.16. The number of halogens is 1. The number of ether oxygens (including phenoxy) is 2.